The summed E-state index contributed by atoms with van der Waals surface area (Å²) in [6.45, 7) is 1.73. The number of aromatic nitrogens is 1. The maximum absolute atomic E-state index is 12.5. The summed E-state index contributed by atoms with van der Waals surface area (Å²) in [6, 6.07) is 11.9. The molecule has 0 unspecified atom stereocenters. The molecular weight excluding hydrogens is 300 g/mol. The van der Waals surface area contributed by atoms with Crippen molar-refractivity contribution in [3.63, 3.8) is 0 Å². The third-order valence-corrected chi connectivity index (χ3v) is 4.76. The normalized spacial score (nSPS) is 15.3. The molecule has 0 N–H and O–H groups in total. The molecule has 1 aliphatic heterocycles. The molecule has 1 aromatic carbocycles. The molecule has 0 bridgehead atoms. The van der Waals surface area contributed by atoms with Crippen LogP contribution in [-0.4, -0.2) is 36.0 Å². The summed E-state index contributed by atoms with van der Waals surface area (Å²) >= 11 is 0. The fourth-order valence-corrected chi connectivity index (χ4v) is 3.27. The lowest BCUT2D eigenvalue weighted by Gasteiger charge is -2.32. The van der Waals surface area contributed by atoms with Gasteiger partial charge in [0.15, 0.2) is 0 Å². The molecule has 1 saturated heterocycles. The molecule has 1 aromatic heterocycles. The predicted molar refractivity (Wildman–Crippen MR) is 93.9 cm³/mol. The number of piperidine rings is 1. The minimum Gasteiger partial charge on any atom is -0.497 e. The van der Waals surface area contributed by atoms with Crippen LogP contribution in [0.4, 0.5) is 0 Å². The Morgan fingerprint density at radius 1 is 1.08 bits per heavy atom. The Labute approximate surface area is 143 Å². The van der Waals surface area contributed by atoms with E-state index in [0.29, 0.717) is 12.3 Å². The molecule has 0 atom stereocenters. The Morgan fingerprint density at radius 3 is 2.38 bits per heavy atom. The first-order valence-corrected chi connectivity index (χ1v) is 8.54. The van der Waals surface area contributed by atoms with Gasteiger partial charge in [-0.25, -0.2) is 0 Å². The predicted octanol–water partition coefficient (Wildman–Crippen LogP) is 3.11. The molecular formula is C20H24N2O2. The summed E-state index contributed by atoms with van der Waals surface area (Å²) in [5.41, 5.74) is 2.38. The molecule has 0 spiro atoms. The van der Waals surface area contributed by atoms with Gasteiger partial charge in [0.25, 0.3) is 0 Å². The number of rotatable bonds is 5. The van der Waals surface area contributed by atoms with Crippen molar-refractivity contribution in [2.24, 2.45) is 5.92 Å². The summed E-state index contributed by atoms with van der Waals surface area (Å²) in [4.78, 5) is 18.5. The van der Waals surface area contributed by atoms with Crippen LogP contribution in [-0.2, 0) is 17.6 Å². The monoisotopic (exact) mass is 324 g/mol. The van der Waals surface area contributed by atoms with E-state index >= 15 is 0 Å². The maximum atomic E-state index is 12.5. The number of likely N-dealkylation sites (tertiary alicyclic amines) is 1. The van der Waals surface area contributed by atoms with Crippen molar-refractivity contribution in [1.82, 2.24) is 9.88 Å². The molecule has 1 fully saturated rings. The number of pyridine rings is 1. The first-order chi connectivity index (χ1) is 11.7. The Morgan fingerprint density at radius 2 is 1.75 bits per heavy atom. The average molecular weight is 324 g/mol. The van der Waals surface area contributed by atoms with Crippen LogP contribution in [0.15, 0.2) is 48.8 Å². The van der Waals surface area contributed by atoms with E-state index in [4.69, 9.17) is 4.74 Å². The smallest absolute Gasteiger partial charge is 0.226 e. The quantitative estimate of drug-likeness (QED) is 0.849. The SMILES string of the molecule is COc1ccc(CC(=O)N2CCC(Cc3ccncc3)CC2)cc1. The van der Waals surface area contributed by atoms with Crippen LogP contribution >= 0.6 is 0 Å². The second-order valence-corrected chi connectivity index (χ2v) is 6.41. The standard InChI is InChI=1S/C20H24N2O2/c1-24-19-4-2-16(3-5-19)15-20(23)22-12-8-18(9-13-22)14-17-6-10-21-11-7-17/h2-7,10-11,18H,8-9,12-15H2,1H3. The highest BCUT2D eigenvalue weighted by Gasteiger charge is 2.22. The molecule has 2 aromatic rings. The fourth-order valence-electron chi connectivity index (χ4n) is 3.27. The first-order valence-electron chi connectivity index (χ1n) is 8.54. The lowest BCUT2D eigenvalue weighted by atomic mass is 9.90. The van der Waals surface area contributed by atoms with Crippen LogP contribution < -0.4 is 4.74 Å². The second kappa shape index (κ2) is 7.95. The van der Waals surface area contributed by atoms with E-state index in [1.54, 1.807) is 7.11 Å². The molecule has 0 radical (unpaired) electrons. The zero-order valence-electron chi connectivity index (χ0n) is 14.1. The van der Waals surface area contributed by atoms with Gasteiger partial charge in [0, 0.05) is 25.5 Å². The van der Waals surface area contributed by atoms with Crippen LogP contribution in [0.25, 0.3) is 0 Å². The number of ether oxygens (including phenoxy) is 1. The highest BCUT2D eigenvalue weighted by Crippen LogP contribution is 2.22. The summed E-state index contributed by atoms with van der Waals surface area (Å²) in [5.74, 6) is 1.71. The van der Waals surface area contributed by atoms with E-state index in [2.05, 4.69) is 17.1 Å². The Balaban J connectivity index is 1.47. The molecule has 0 saturated carbocycles. The van der Waals surface area contributed by atoms with Gasteiger partial charge in [-0.05, 0) is 60.6 Å². The number of benzene rings is 1. The summed E-state index contributed by atoms with van der Waals surface area (Å²) in [7, 11) is 1.65. The molecule has 1 amide bonds. The zero-order valence-corrected chi connectivity index (χ0v) is 14.1. The largest absolute Gasteiger partial charge is 0.497 e. The van der Waals surface area contributed by atoms with Gasteiger partial charge in [-0.2, -0.15) is 0 Å². The van der Waals surface area contributed by atoms with Crippen molar-refractivity contribution < 1.29 is 9.53 Å². The average Bonchev–Trinajstić information content (AvgIpc) is 2.64. The third kappa shape index (κ3) is 4.34. The van der Waals surface area contributed by atoms with E-state index in [1.165, 1.54) is 5.56 Å². The molecule has 0 aliphatic carbocycles. The van der Waals surface area contributed by atoms with Crippen LogP contribution in [0.2, 0.25) is 0 Å². The molecule has 4 heteroatoms. The van der Waals surface area contributed by atoms with Gasteiger partial charge in [0.05, 0.1) is 13.5 Å². The lowest BCUT2D eigenvalue weighted by molar-refractivity contribution is -0.131. The lowest BCUT2D eigenvalue weighted by Crippen LogP contribution is -2.39. The van der Waals surface area contributed by atoms with Gasteiger partial charge in [0.1, 0.15) is 5.75 Å². The number of hydrogen-bond donors (Lipinski definition) is 0. The van der Waals surface area contributed by atoms with Crippen LogP contribution in [0.5, 0.6) is 5.75 Å². The highest BCUT2D eigenvalue weighted by molar-refractivity contribution is 5.78. The number of hydrogen-bond acceptors (Lipinski definition) is 3. The van der Waals surface area contributed by atoms with Crippen LogP contribution in [0.1, 0.15) is 24.0 Å². The van der Waals surface area contributed by atoms with E-state index in [-0.39, 0.29) is 5.91 Å². The molecule has 1 aliphatic rings. The van der Waals surface area contributed by atoms with E-state index in [0.717, 1.165) is 43.7 Å². The second-order valence-electron chi connectivity index (χ2n) is 6.41. The van der Waals surface area contributed by atoms with Crippen molar-refractivity contribution in [2.75, 3.05) is 20.2 Å². The maximum Gasteiger partial charge on any atom is 0.226 e. The molecule has 24 heavy (non-hydrogen) atoms. The van der Waals surface area contributed by atoms with Gasteiger partial charge in [-0.3, -0.25) is 9.78 Å². The van der Waals surface area contributed by atoms with Crippen LogP contribution in [0.3, 0.4) is 0 Å². The minimum absolute atomic E-state index is 0.225. The third-order valence-electron chi connectivity index (χ3n) is 4.76. The number of carbonyl (C=O) groups is 1. The number of nitrogens with zero attached hydrogens (tertiary/aromatic N) is 2. The van der Waals surface area contributed by atoms with Gasteiger partial charge in [0.2, 0.25) is 5.91 Å². The Kier molecular flexibility index (Phi) is 5.47. The van der Waals surface area contributed by atoms with Crippen molar-refractivity contribution >= 4 is 5.91 Å². The summed E-state index contributed by atoms with van der Waals surface area (Å²) in [5, 5.41) is 0. The molecule has 3 rings (SSSR count). The fraction of sp³-hybridized carbons (Fsp3) is 0.400. The van der Waals surface area contributed by atoms with Gasteiger partial charge >= 0.3 is 0 Å². The van der Waals surface area contributed by atoms with Crippen molar-refractivity contribution in [1.29, 1.82) is 0 Å². The van der Waals surface area contributed by atoms with E-state index in [9.17, 15) is 4.79 Å². The minimum atomic E-state index is 0.225. The van der Waals surface area contributed by atoms with Gasteiger partial charge in [-0.15, -0.1) is 0 Å². The van der Waals surface area contributed by atoms with Gasteiger partial charge < -0.3 is 9.64 Å². The van der Waals surface area contributed by atoms with E-state index in [1.807, 2.05) is 41.6 Å². The Bertz CT molecular complexity index is 647. The molecule has 2 heterocycles. The van der Waals surface area contributed by atoms with Crippen molar-refractivity contribution in [2.45, 2.75) is 25.7 Å². The zero-order chi connectivity index (χ0) is 16.8. The summed E-state index contributed by atoms with van der Waals surface area (Å²) < 4.78 is 5.15. The molecule has 126 valence electrons. The van der Waals surface area contributed by atoms with Crippen molar-refractivity contribution in [3.05, 3.63) is 59.9 Å². The first kappa shape index (κ1) is 16.5. The number of carbonyl (C=O) groups excluding carboxylic acids is 1. The Hall–Kier alpha value is -2.36. The van der Waals surface area contributed by atoms with E-state index < -0.39 is 0 Å². The highest BCUT2D eigenvalue weighted by atomic mass is 16.5. The van der Waals surface area contributed by atoms with Gasteiger partial charge in [-0.1, -0.05) is 12.1 Å². The summed E-state index contributed by atoms with van der Waals surface area (Å²) in [6.07, 6.45) is 7.42. The number of amides is 1. The topological polar surface area (TPSA) is 42.4 Å². The molecule has 4 nitrogen and oxygen atoms in total. The van der Waals surface area contributed by atoms with Crippen molar-refractivity contribution in [3.8, 4) is 5.75 Å². The van der Waals surface area contributed by atoms with Crippen LogP contribution in [0, 0.1) is 5.92 Å². The number of methoxy groups -OCH3 is 1.